The van der Waals surface area contributed by atoms with Crippen LogP contribution in [0.1, 0.15) is 98.2 Å². The molecule has 62 heavy (non-hydrogen) atoms. The second kappa shape index (κ2) is 16.8. The average molecular weight is 884 g/mol. The molecule has 7 rings (SSSR count). The summed E-state index contributed by atoms with van der Waals surface area (Å²) >= 11 is 0. The van der Waals surface area contributed by atoms with Crippen LogP contribution in [0.5, 0.6) is 0 Å². The van der Waals surface area contributed by atoms with Crippen LogP contribution in [0.2, 0.25) is 36.3 Å². The van der Waals surface area contributed by atoms with E-state index in [1.165, 1.54) is 27.1 Å². The lowest BCUT2D eigenvalue weighted by Gasteiger charge is -2.43. The monoisotopic (exact) mass is 883 g/mol. The smallest absolute Gasteiger partial charge is 0.303 e. The molecule has 2 unspecified atom stereocenters. The lowest BCUT2D eigenvalue weighted by Crippen LogP contribution is -2.50. The van der Waals surface area contributed by atoms with Gasteiger partial charge in [-0.3, -0.25) is 19.0 Å². The highest BCUT2D eigenvalue weighted by molar-refractivity contribution is 6.74. The number of anilines is 1. The fourth-order valence-electron chi connectivity index (χ4n) is 8.06. The van der Waals surface area contributed by atoms with E-state index in [0.29, 0.717) is 41.1 Å². The zero-order chi connectivity index (χ0) is 45.1. The van der Waals surface area contributed by atoms with E-state index in [1.54, 1.807) is 6.33 Å². The molecule has 2 aromatic heterocycles. The zero-order valence-corrected chi connectivity index (χ0v) is 40.2. The number of nitrogens with zero attached hydrogens (tertiary/aromatic N) is 4. The lowest BCUT2D eigenvalue weighted by atomic mass is 9.77. The first-order valence-corrected chi connectivity index (χ1v) is 27.2. The van der Waals surface area contributed by atoms with Crippen molar-refractivity contribution in [2.24, 2.45) is 0 Å². The predicted octanol–water partition coefficient (Wildman–Crippen LogP) is 9.47. The number of aromatic nitrogens is 4. The number of hydrogen-bond acceptors (Lipinski definition) is 13. The van der Waals surface area contributed by atoms with Gasteiger partial charge in [0.05, 0.1) is 25.1 Å². The summed E-state index contributed by atoms with van der Waals surface area (Å²) in [4.78, 5) is 52.8. The third-order valence-corrected chi connectivity index (χ3v) is 22.3. The molecule has 14 nitrogen and oxygen atoms in total. The maximum atomic E-state index is 13.0. The summed E-state index contributed by atoms with van der Waals surface area (Å²) in [6, 6.07) is 15.0. The number of imidazole rings is 1. The van der Waals surface area contributed by atoms with Crippen LogP contribution < -0.4 is 5.32 Å². The van der Waals surface area contributed by atoms with Crippen molar-refractivity contribution in [3.8, 4) is 0 Å². The number of ether oxygens (including phenoxy) is 4. The number of hydrogen-bond donors (Lipinski definition) is 1. The third kappa shape index (κ3) is 8.76. The van der Waals surface area contributed by atoms with Crippen molar-refractivity contribution < 1.29 is 42.2 Å². The van der Waals surface area contributed by atoms with Crippen LogP contribution in [0, 0.1) is 0 Å². The summed E-state index contributed by atoms with van der Waals surface area (Å²) in [6.07, 6.45) is -0.808. The van der Waals surface area contributed by atoms with Crippen LogP contribution in [0.15, 0.2) is 61.2 Å². The van der Waals surface area contributed by atoms with Crippen LogP contribution >= 0.6 is 0 Å². The van der Waals surface area contributed by atoms with Gasteiger partial charge in [-0.2, -0.15) is 0 Å². The minimum Gasteiger partial charge on any atom is -0.456 e. The minimum absolute atomic E-state index is 0.0165. The number of carbonyl (C=O) groups is 3. The van der Waals surface area contributed by atoms with Crippen molar-refractivity contribution >= 4 is 73.1 Å². The summed E-state index contributed by atoms with van der Waals surface area (Å²) in [5.74, 6) is -1.50. The molecule has 1 fully saturated rings. The highest BCUT2D eigenvalue weighted by Crippen LogP contribution is 2.49. The topological polar surface area (TPSA) is 162 Å². The Labute approximate surface area is 365 Å². The Morgan fingerprint density at radius 2 is 1.42 bits per heavy atom. The molecular formula is C46H61N5O9Si2. The summed E-state index contributed by atoms with van der Waals surface area (Å²) in [5.41, 5.74) is 2.24. The van der Waals surface area contributed by atoms with Crippen molar-refractivity contribution in [1.29, 1.82) is 0 Å². The average Bonchev–Trinajstić information content (AvgIpc) is 3.79. The summed E-state index contributed by atoms with van der Waals surface area (Å²) in [7, 11) is -4.33. The maximum Gasteiger partial charge on any atom is 0.303 e. The van der Waals surface area contributed by atoms with E-state index in [1.807, 2.05) is 53.1 Å². The van der Waals surface area contributed by atoms with Gasteiger partial charge in [-0.1, -0.05) is 90.1 Å². The van der Waals surface area contributed by atoms with Crippen LogP contribution in [0.4, 0.5) is 5.82 Å². The first kappa shape index (κ1) is 45.3. The molecule has 1 aliphatic carbocycles. The molecule has 1 saturated heterocycles. The van der Waals surface area contributed by atoms with Crippen molar-refractivity contribution in [1.82, 2.24) is 19.5 Å². The quantitative estimate of drug-likeness (QED) is 0.0578. The second-order valence-corrected chi connectivity index (χ2v) is 29.2. The van der Waals surface area contributed by atoms with Crippen LogP contribution in [0.3, 0.4) is 0 Å². The standard InChI is InChI=1S/C46H61N5O9Si2/c1-26(52)56-40-32-21-20-30-19-18-29-16-14-15-17-31(29)36(30)37(32)38(41(57-27(2)53)42(40)58-28(3)54)50-43-39-44(48-24-47-43)51(25-49-39)35-22-33(60-62(12,13)46(7,8)9)34(59-35)23-55-61(10,11)45(4,5)6/h14-21,24-25,33-35,38,40-42H,22-23H2,1-13H3,(H,47,48,50)/t33-,34+,35+,38?,40-,41?,42+/m0/s1. The van der Waals surface area contributed by atoms with Crippen LogP contribution in [-0.2, 0) is 42.2 Å². The number of nitrogens with one attached hydrogen (secondary N) is 1. The fraction of sp³-hybridized carbons (Fsp3) is 0.522. The molecule has 5 aromatic rings. The number of rotatable bonds is 11. The van der Waals surface area contributed by atoms with Gasteiger partial charge >= 0.3 is 17.9 Å². The minimum atomic E-state index is -2.22. The van der Waals surface area contributed by atoms with Crippen LogP contribution in [-0.4, -0.2) is 85.1 Å². The first-order chi connectivity index (χ1) is 29.0. The van der Waals surface area contributed by atoms with E-state index in [0.717, 1.165) is 21.5 Å². The molecule has 16 heteroatoms. The van der Waals surface area contributed by atoms with E-state index >= 15 is 0 Å². The molecule has 332 valence electrons. The summed E-state index contributed by atoms with van der Waals surface area (Å²) in [5, 5.41) is 7.24. The molecule has 3 aromatic carbocycles. The van der Waals surface area contributed by atoms with Crippen LogP contribution in [0.25, 0.3) is 32.7 Å². The van der Waals surface area contributed by atoms with E-state index in [4.69, 9.17) is 42.8 Å². The van der Waals surface area contributed by atoms with Gasteiger partial charge in [0.1, 0.15) is 18.7 Å². The molecule has 1 aliphatic heterocycles. The van der Waals surface area contributed by atoms with Crippen molar-refractivity contribution in [2.45, 2.75) is 148 Å². The molecule has 3 heterocycles. The summed E-state index contributed by atoms with van der Waals surface area (Å²) < 4.78 is 40.5. The molecule has 0 saturated carbocycles. The molecule has 0 radical (unpaired) electrons. The summed E-state index contributed by atoms with van der Waals surface area (Å²) in [6.45, 7) is 26.6. The molecule has 0 spiro atoms. The van der Waals surface area contributed by atoms with E-state index < -0.39 is 65.1 Å². The Bertz CT molecular complexity index is 2510. The predicted molar refractivity (Wildman–Crippen MR) is 243 cm³/mol. The Kier molecular flexibility index (Phi) is 12.2. The van der Waals surface area contributed by atoms with Gasteiger partial charge in [0, 0.05) is 32.8 Å². The van der Waals surface area contributed by atoms with Gasteiger partial charge in [0.15, 0.2) is 51.9 Å². The van der Waals surface area contributed by atoms with Gasteiger partial charge in [-0.05, 0) is 63.4 Å². The number of benzene rings is 3. The Hall–Kier alpha value is -4.75. The zero-order valence-electron chi connectivity index (χ0n) is 38.2. The van der Waals surface area contributed by atoms with Gasteiger partial charge in [0.2, 0.25) is 0 Å². The molecule has 0 bridgehead atoms. The van der Waals surface area contributed by atoms with Gasteiger partial charge in [-0.15, -0.1) is 0 Å². The molecular weight excluding hydrogens is 823 g/mol. The van der Waals surface area contributed by atoms with E-state index in [9.17, 15) is 14.4 Å². The van der Waals surface area contributed by atoms with Crippen molar-refractivity contribution in [3.63, 3.8) is 0 Å². The van der Waals surface area contributed by atoms with E-state index in [-0.39, 0.29) is 22.3 Å². The largest absolute Gasteiger partial charge is 0.456 e. The Morgan fingerprint density at radius 3 is 2.08 bits per heavy atom. The SMILES string of the molecule is CC(=O)OC1C(Nc2ncnc3c2ncn3[C@H]2C[C@H](O[Si](C)(C)C(C)(C)C)[C@@H](CO[Si](C)(C)C(C)(C)C)O2)c2c(ccc3ccc4ccccc4c23)[C@H](OC(C)=O)[C@H]1OC(C)=O. The number of carbonyl (C=O) groups excluding carboxylic acids is 3. The highest BCUT2D eigenvalue weighted by atomic mass is 28.4. The normalized spacial score (nSPS) is 23.3. The maximum absolute atomic E-state index is 13.0. The van der Waals surface area contributed by atoms with Gasteiger partial charge in [0.25, 0.3) is 0 Å². The Balaban J connectivity index is 1.33. The number of esters is 3. The van der Waals surface area contributed by atoms with Crippen molar-refractivity contribution in [2.75, 3.05) is 11.9 Å². The van der Waals surface area contributed by atoms with Gasteiger partial charge in [-0.25, -0.2) is 15.0 Å². The molecule has 0 amide bonds. The highest BCUT2D eigenvalue weighted by Gasteiger charge is 2.51. The first-order valence-electron chi connectivity index (χ1n) is 21.3. The molecule has 7 atom stereocenters. The molecule has 2 aliphatic rings. The fourth-order valence-corrected chi connectivity index (χ4v) is 10.4. The Morgan fingerprint density at radius 1 is 0.790 bits per heavy atom. The molecule has 1 N–H and O–H groups in total. The third-order valence-electron chi connectivity index (χ3n) is 13.3. The lowest BCUT2D eigenvalue weighted by molar-refractivity contribution is -0.187. The van der Waals surface area contributed by atoms with E-state index in [2.05, 4.69) is 73.0 Å². The van der Waals surface area contributed by atoms with Gasteiger partial charge < -0.3 is 33.1 Å². The van der Waals surface area contributed by atoms with Crippen molar-refractivity contribution in [3.05, 3.63) is 72.3 Å². The number of fused-ring (bicyclic) bond motifs is 6. The second-order valence-electron chi connectivity index (χ2n) is 19.7.